The Morgan fingerprint density at radius 3 is 2.34 bits per heavy atom. The second-order valence-electron chi connectivity index (χ2n) is 7.21. The van der Waals surface area contributed by atoms with Crippen LogP contribution < -0.4 is 18.9 Å². The van der Waals surface area contributed by atoms with Crippen molar-refractivity contribution in [2.24, 2.45) is 0 Å². The topological polar surface area (TPSA) is 104 Å². The zero-order valence-corrected chi connectivity index (χ0v) is 21.0. The van der Waals surface area contributed by atoms with E-state index in [0.29, 0.717) is 45.2 Å². The van der Waals surface area contributed by atoms with Crippen molar-refractivity contribution < 1.29 is 23.9 Å². The van der Waals surface area contributed by atoms with Gasteiger partial charge in [-0.1, -0.05) is 0 Å². The van der Waals surface area contributed by atoms with E-state index >= 15 is 0 Å². The molecule has 3 rings (SSSR count). The summed E-state index contributed by atoms with van der Waals surface area (Å²) in [4.78, 5) is 10.4. The van der Waals surface area contributed by atoms with Gasteiger partial charge in [0.15, 0.2) is 23.0 Å². The van der Waals surface area contributed by atoms with Crippen LogP contribution in [0, 0.1) is 21.4 Å². The number of non-ortho nitro benzene ring substituents is 1. The second kappa shape index (κ2) is 11.9. The van der Waals surface area contributed by atoms with Gasteiger partial charge in [0.2, 0.25) is 0 Å². The molecule has 180 valence electrons. The maximum atomic E-state index is 10.8. The van der Waals surface area contributed by atoms with Crippen LogP contribution >= 0.6 is 15.9 Å². The summed E-state index contributed by atoms with van der Waals surface area (Å²) in [5.41, 5.74) is 2.63. The number of nitriles is 1. The summed E-state index contributed by atoms with van der Waals surface area (Å²) in [7, 11) is 3.09. The molecule has 0 saturated carbocycles. The number of methoxy groups -OCH3 is 2. The van der Waals surface area contributed by atoms with Gasteiger partial charge in [0, 0.05) is 12.1 Å². The van der Waals surface area contributed by atoms with E-state index < -0.39 is 4.92 Å². The first kappa shape index (κ1) is 25.6. The van der Waals surface area contributed by atoms with Crippen molar-refractivity contribution in [3.63, 3.8) is 0 Å². The van der Waals surface area contributed by atoms with Gasteiger partial charge in [0.1, 0.15) is 6.61 Å². The van der Waals surface area contributed by atoms with Crippen molar-refractivity contribution in [1.82, 2.24) is 0 Å². The molecule has 0 fully saturated rings. The van der Waals surface area contributed by atoms with Gasteiger partial charge in [-0.15, -0.1) is 0 Å². The average molecular weight is 539 g/mol. The number of nitro groups is 1. The van der Waals surface area contributed by atoms with Crippen LogP contribution in [0.1, 0.15) is 23.6 Å². The Labute approximate surface area is 211 Å². The summed E-state index contributed by atoms with van der Waals surface area (Å²) in [6.45, 7) is 2.47. The lowest BCUT2D eigenvalue weighted by Crippen LogP contribution is -2.01. The minimum absolute atomic E-state index is 0.0175. The standard InChI is InChI=1S/C26H23BrN2O6/c1-4-34-25-13-18(11-20(15-28)19-7-10-23(32-2)24(14-19)33-3)12-22(27)26(25)35-16-17-5-8-21(9-6-17)29(30)31/h5-14H,4,16H2,1-3H3/b20-11+. The summed E-state index contributed by atoms with van der Waals surface area (Å²) in [5.74, 6) is 2.09. The van der Waals surface area contributed by atoms with E-state index in [1.807, 2.05) is 13.0 Å². The van der Waals surface area contributed by atoms with E-state index in [1.54, 1.807) is 49.6 Å². The van der Waals surface area contributed by atoms with Crippen molar-refractivity contribution in [1.29, 1.82) is 5.26 Å². The zero-order valence-electron chi connectivity index (χ0n) is 19.4. The number of benzene rings is 3. The van der Waals surface area contributed by atoms with Crippen molar-refractivity contribution in [3.05, 3.63) is 85.9 Å². The van der Waals surface area contributed by atoms with Crippen molar-refractivity contribution in [2.75, 3.05) is 20.8 Å². The molecule has 0 aromatic heterocycles. The molecular weight excluding hydrogens is 516 g/mol. The van der Waals surface area contributed by atoms with Gasteiger partial charge < -0.3 is 18.9 Å². The first-order chi connectivity index (χ1) is 16.9. The third-order valence-electron chi connectivity index (χ3n) is 4.99. The van der Waals surface area contributed by atoms with E-state index in [2.05, 4.69) is 22.0 Å². The molecule has 3 aromatic carbocycles. The number of hydrogen-bond acceptors (Lipinski definition) is 7. The average Bonchev–Trinajstić information content (AvgIpc) is 2.86. The lowest BCUT2D eigenvalue weighted by molar-refractivity contribution is -0.384. The predicted molar refractivity (Wildman–Crippen MR) is 136 cm³/mol. The molecule has 0 amide bonds. The fraction of sp³-hybridized carbons (Fsp3) is 0.192. The van der Waals surface area contributed by atoms with Crippen LogP contribution in [-0.2, 0) is 6.61 Å². The highest BCUT2D eigenvalue weighted by Gasteiger charge is 2.14. The number of allylic oxidation sites excluding steroid dienone is 1. The van der Waals surface area contributed by atoms with Gasteiger partial charge in [0.05, 0.1) is 41.9 Å². The molecule has 0 unspecified atom stereocenters. The first-order valence-corrected chi connectivity index (χ1v) is 11.4. The molecular formula is C26H23BrN2O6. The molecule has 0 aliphatic carbocycles. The van der Waals surface area contributed by atoms with Gasteiger partial charge in [-0.2, -0.15) is 5.26 Å². The van der Waals surface area contributed by atoms with Gasteiger partial charge in [-0.3, -0.25) is 10.1 Å². The highest BCUT2D eigenvalue weighted by atomic mass is 79.9. The number of rotatable bonds is 10. The Kier molecular flexibility index (Phi) is 8.70. The van der Waals surface area contributed by atoms with E-state index in [4.69, 9.17) is 18.9 Å². The summed E-state index contributed by atoms with van der Waals surface area (Å²) in [6, 6.07) is 17.3. The Morgan fingerprint density at radius 1 is 1.03 bits per heavy atom. The molecule has 35 heavy (non-hydrogen) atoms. The van der Waals surface area contributed by atoms with Crippen molar-refractivity contribution in [3.8, 4) is 29.1 Å². The first-order valence-electron chi connectivity index (χ1n) is 10.6. The van der Waals surface area contributed by atoms with E-state index in [1.165, 1.54) is 19.2 Å². The quantitative estimate of drug-likeness (QED) is 0.127. The fourth-order valence-corrected chi connectivity index (χ4v) is 3.87. The smallest absolute Gasteiger partial charge is 0.269 e. The SMILES string of the molecule is CCOc1cc(/C=C(\C#N)c2ccc(OC)c(OC)c2)cc(Br)c1OCc1ccc([N+](=O)[O-])cc1. The van der Waals surface area contributed by atoms with Crippen LogP contribution in [0.2, 0.25) is 0 Å². The Bertz CT molecular complexity index is 1280. The summed E-state index contributed by atoms with van der Waals surface area (Å²) < 4.78 is 23.0. The molecule has 0 spiro atoms. The lowest BCUT2D eigenvalue weighted by Gasteiger charge is -2.15. The normalized spacial score (nSPS) is 10.9. The number of hydrogen-bond donors (Lipinski definition) is 0. The third-order valence-corrected chi connectivity index (χ3v) is 5.58. The van der Waals surface area contributed by atoms with Crippen LogP contribution in [0.3, 0.4) is 0 Å². The molecule has 0 atom stereocenters. The van der Waals surface area contributed by atoms with Crippen LogP contribution in [-0.4, -0.2) is 25.7 Å². The molecule has 0 N–H and O–H groups in total. The Morgan fingerprint density at radius 2 is 1.74 bits per heavy atom. The summed E-state index contributed by atoms with van der Waals surface area (Å²) in [5, 5.41) is 20.6. The molecule has 0 bridgehead atoms. The molecule has 8 nitrogen and oxygen atoms in total. The van der Waals surface area contributed by atoms with Crippen LogP contribution in [0.4, 0.5) is 5.69 Å². The number of halogens is 1. The minimum atomic E-state index is -0.446. The summed E-state index contributed by atoms with van der Waals surface area (Å²) in [6.07, 6.45) is 1.74. The number of nitro benzene ring substituents is 1. The number of ether oxygens (including phenoxy) is 4. The molecule has 0 radical (unpaired) electrons. The maximum absolute atomic E-state index is 10.8. The third kappa shape index (κ3) is 6.31. The highest BCUT2D eigenvalue weighted by molar-refractivity contribution is 9.10. The van der Waals surface area contributed by atoms with Gasteiger partial charge in [-0.25, -0.2) is 0 Å². The maximum Gasteiger partial charge on any atom is 0.269 e. The fourth-order valence-electron chi connectivity index (χ4n) is 3.29. The molecule has 0 heterocycles. The second-order valence-corrected chi connectivity index (χ2v) is 8.07. The molecule has 0 aliphatic rings. The Hall–Kier alpha value is -4.03. The molecule has 0 saturated heterocycles. The summed E-state index contributed by atoms with van der Waals surface area (Å²) >= 11 is 3.54. The van der Waals surface area contributed by atoms with Crippen LogP contribution in [0.5, 0.6) is 23.0 Å². The Balaban J connectivity index is 1.90. The highest BCUT2D eigenvalue weighted by Crippen LogP contribution is 2.39. The van der Waals surface area contributed by atoms with Crippen LogP contribution in [0.25, 0.3) is 11.6 Å². The van der Waals surface area contributed by atoms with Gasteiger partial charge in [-0.05, 0) is 88.1 Å². The zero-order chi connectivity index (χ0) is 25.4. The monoisotopic (exact) mass is 538 g/mol. The van der Waals surface area contributed by atoms with Gasteiger partial charge >= 0.3 is 0 Å². The molecule has 9 heteroatoms. The van der Waals surface area contributed by atoms with Crippen molar-refractivity contribution in [2.45, 2.75) is 13.5 Å². The molecule has 3 aromatic rings. The van der Waals surface area contributed by atoms with Gasteiger partial charge in [0.25, 0.3) is 5.69 Å². The van der Waals surface area contributed by atoms with E-state index in [-0.39, 0.29) is 12.3 Å². The number of nitrogens with zero attached hydrogens (tertiary/aromatic N) is 2. The largest absolute Gasteiger partial charge is 0.493 e. The van der Waals surface area contributed by atoms with E-state index in [0.717, 1.165) is 11.1 Å². The molecule has 0 aliphatic heterocycles. The predicted octanol–water partition coefficient (Wildman–Crippen LogP) is 6.42. The van der Waals surface area contributed by atoms with E-state index in [9.17, 15) is 15.4 Å². The van der Waals surface area contributed by atoms with Crippen molar-refractivity contribution >= 4 is 33.3 Å². The van der Waals surface area contributed by atoms with Crippen LogP contribution in [0.15, 0.2) is 59.1 Å². The lowest BCUT2D eigenvalue weighted by atomic mass is 10.0. The minimum Gasteiger partial charge on any atom is -0.493 e.